The summed E-state index contributed by atoms with van der Waals surface area (Å²) in [5, 5.41) is 3.24. The molecule has 2 aromatic carbocycles. The van der Waals surface area contributed by atoms with Gasteiger partial charge in [0.15, 0.2) is 0 Å². The van der Waals surface area contributed by atoms with Crippen molar-refractivity contribution in [2.75, 3.05) is 11.9 Å². The molecule has 0 spiro atoms. The Hall–Kier alpha value is -2.33. The van der Waals surface area contributed by atoms with Gasteiger partial charge in [0, 0.05) is 12.2 Å². The number of hydroxylamine groups is 1. The summed E-state index contributed by atoms with van der Waals surface area (Å²) in [4.78, 5) is 17.4. The number of benzene rings is 2. The SMILES string of the molecule is CCCNc1ccccc1C(=O)NOCc1ccccc1. The van der Waals surface area contributed by atoms with Gasteiger partial charge in [-0.15, -0.1) is 0 Å². The molecule has 0 heterocycles. The summed E-state index contributed by atoms with van der Waals surface area (Å²) in [5.74, 6) is -0.245. The zero-order valence-electron chi connectivity index (χ0n) is 12.1. The van der Waals surface area contributed by atoms with E-state index in [-0.39, 0.29) is 5.91 Å². The molecule has 0 bridgehead atoms. The second kappa shape index (κ2) is 8.07. The van der Waals surface area contributed by atoms with Crippen molar-refractivity contribution in [3.63, 3.8) is 0 Å². The Morgan fingerprint density at radius 2 is 1.76 bits per heavy atom. The van der Waals surface area contributed by atoms with Gasteiger partial charge in [-0.05, 0) is 24.1 Å². The number of carbonyl (C=O) groups is 1. The van der Waals surface area contributed by atoms with Gasteiger partial charge in [-0.25, -0.2) is 5.48 Å². The van der Waals surface area contributed by atoms with E-state index in [2.05, 4.69) is 17.7 Å². The lowest BCUT2D eigenvalue weighted by Crippen LogP contribution is -2.24. The number of nitrogens with one attached hydrogen (secondary N) is 2. The molecule has 2 N–H and O–H groups in total. The zero-order valence-corrected chi connectivity index (χ0v) is 12.1. The molecule has 0 atom stereocenters. The minimum Gasteiger partial charge on any atom is -0.384 e. The molecule has 0 radical (unpaired) electrons. The quantitative estimate of drug-likeness (QED) is 0.766. The van der Waals surface area contributed by atoms with Gasteiger partial charge in [-0.2, -0.15) is 0 Å². The number of para-hydroxylation sites is 1. The molecule has 0 fully saturated rings. The maximum atomic E-state index is 12.1. The summed E-state index contributed by atoms with van der Waals surface area (Å²) in [5.41, 5.74) is 4.90. The Balaban J connectivity index is 1.91. The number of hydrogen-bond acceptors (Lipinski definition) is 3. The van der Waals surface area contributed by atoms with Gasteiger partial charge in [0.2, 0.25) is 0 Å². The maximum absolute atomic E-state index is 12.1. The third-order valence-electron chi connectivity index (χ3n) is 2.98. The van der Waals surface area contributed by atoms with Gasteiger partial charge in [-0.1, -0.05) is 49.4 Å². The molecule has 21 heavy (non-hydrogen) atoms. The highest BCUT2D eigenvalue weighted by molar-refractivity contribution is 5.98. The lowest BCUT2D eigenvalue weighted by atomic mass is 10.1. The van der Waals surface area contributed by atoms with Gasteiger partial charge in [0.1, 0.15) is 0 Å². The summed E-state index contributed by atoms with van der Waals surface area (Å²) >= 11 is 0. The molecular weight excluding hydrogens is 264 g/mol. The fraction of sp³-hybridized carbons (Fsp3) is 0.235. The number of carbonyl (C=O) groups excluding carboxylic acids is 1. The molecule has 0 saturated carbocycles. The van der Waals surface area contributed by atoms with Crippen molar-refractivity contribution >= 4 is 11.6 Å². The molecule has 4 nitrogen and oxygen atoms in total. The molecule has 2 rings (SSSR count). The van der Waals surface area contributed by atoms with Crippen molar-refractivity contribution in [2.24, 2.45) is 0 Å². The van der Waals surface area contributed by atoms with E-state index in [9.17, 15) is 4.79 Å². The average Bonchev–Trinajstić information content (AvgIpc) is 2.54. The zero-order chi connectivity index (χ0) is 14.9. The molecule has 2 aromatic rings. The number of rotatable bonds is 7. The first-order valence-corrected chi connectivity index (χ1v) is 7.10. The standard InChI is InChI=1S/C17H20N2O2/c1-2-12-18-16-11-7-6-10-15(16)17(20)19-21-13-14-8-4-3-5-9-14/h3-11,18H,2,12-13H2,1H3,(H,19,20). The Morgan fingerprint density at radius 1 is 1.05 bits per heavy atom. The predicted octanol–water partition coefficient (Wildman–Crippen LogP) is 3.37. The van der Waals surface area contributed by atoms with Crippen molar-refractivity contribution in [2.45, 2.75) is 20.0 Å². The van der Waals surface area contributed by atoms with Crippen LogP contribution >= 0.6 is 0 Å². The maximum Gasteiger partial charge on any atom is 0.276 e. The van der Waals surface area contributed by atoms with E-state index in [0.29, 0.717) is 12.2 Å². The molecule has 0 aliphatic rings. The van der Waals surface area contributed by atoms with Gasteiger partial charge in [0.25, 0.3) is 5.91 Å². The Morgan fingerprint density at radius 3 is 2.52 bits per heavy atom. The molecule has 0 saturated heterocycles. The molecule has 0 aromatic heterocycles. The molecule has 0 aliphatic carbocycles. The Kier molecular flexibility index (Phi) is 5.79. The molecular formula is C17H20N2O2. The van der Waals surface area contributed by atoms with Crippen LogP contribution in [0.25, 0.3) is 0 Å². The topological polar surface area (TPSA) is 50.4 Å². The van der Waals surface area contributed by atoms with Crippen molar-refractivity contribution in [1.29, 1.82) is 0 Å². The summed E-state index contributed by atoms with van der Waals surface area (Å²) in [6.45, 7) is 3.25. The smallest absolute Gasteiger partial charge is 0.276 e. The normalized spacial score (nSPS) is 10.1. The molecule has 4 heteroatoms. The first-order chi connectivity index (χ1) is 10.3. The first kappa shape index (κ1) is 15.1. The van der Waals surface area contributed by atoms with E-state index in [0.717, 1.165) is 24.2 Å². The Bertz CT molecular complexity index is 570. The number of amides is 1. The fourth-order valence-corrected chi connectivity index (χ4v) is 1.91. The van der Waals surface area contributed by atoms with E-state index >= 15 is 0 Å². The van der Waals surface area contributed by atoms with Crippen molar-refractivity contribution in [3.05, 3.63) is 65.7 Å². The summed E-state index contributed by atoms with van der Waals surface area (Å²) < 4.78 is 0. The van der Waals surface area contributed by atoms with Crippen LogP contribution in [0.2, 0.25) is 0 Å². The molecule has 110 valence electrons. The second-order valence-corrected chi connectivity index (χ2v) is 4.68. The summed E-state index contributed by atoms with van der Waals surface area (Å²) in [6.07, 6.45) is 1.00. The largest absolute Gasteiger partial charge is 0.384 e. The van der Waals surface area contributed by atoms with E-state index in [1.54, 1.807) is 6.07 Å². The third kappa shape index (κ3) is 4.61. The van der Waals surface area contributed by atoms with Gasteiger partial charge in [-0.3, -0.25) is 9.63 Å². The van der Waals surface area contributed by atoms with E-state index < -0.39 is 0 Å². The van der Waals surface area contributed by atoms with Crippen LogP contribution in [0.1, 0.15) is 29.3 Å². The van der Waals surface area contributed by atoms with Crippen LogP contribution < -0.4 is 10.8 Å². The fourth-order valence-electron chi connectivity index (χ4n) is 1.91. The lowest BCUT2D eigenvalue weighted by Gasteiger charge is -2.11. The summed E-state index contributed by atoms with van der Waals surface area (Å²) in [7, 11) is 0. The van der Waals surface area contributed by atoms with Crippen LogP contribution in [0.15, 0.2) is 54.6 Å². The van der Waals surface area contributed by atoms with Crippen LogP contribution in [-0.4, -0.2) is 12.5 Å². The van der Waals surface area contributed by atoms with Gasteiger partial charge < -0.3 is 5.32 Å². The first-order valence-electron chi connectivity index (χ1n) is 7.10. The van der Waals surface area contributed by atoms with Gasteiger partial charge >= 0.3 is 0 Å². The summed E-state index contributed by atoms with van der Waals surface area (Å²) in [6, 6.07) is 17.1. The van der Waals surface area contributed by atoms with E-state index in [1.165, 1.54) is 0 Å². The van der Waals surface area contributed by atoms with E-state index in [1.807, 2.05) is 48.5 Å². The van der Waals surface area contributed by atoms with Crippen LogP contribution in [-0.2, 0) is 11.4 Å². The highest BCUT2D eigenvalue weighted by Crippen LogP contribution is 2.14. The third-order valence-corrected chi connectivity index (χ3v) is 2.98. The van der Waals surface area contributed by atoms with Crippen molar-refractivity contribution in [1.82, 2.24) is 5.48 Å². The minimum atomic E-state index is -0.245. The highest BCUT2D eigenvalue weighted by Gasteiger charge is 2.10. The monoisotopic (exact) mass is 284 g/mol. The average molecular weight is 284 g/mol. The van der Waals surface area contributed by atoms with Gasteiger partial charge in [0.05, 0.1) is 12.2 Å². The Labute approximate surface area is 125 Å². The number of hydrogen-bond donors (Lipinski definition) is 2. The highest BCUT2D eigenvalue weighted by atomic mass is 16.6. The predicted molar refractivity (Wildman–Crippen MR) is 83.9 cm³/mol. The second-order valence-electron chi connectivity index (χ2n) is 4.68. The van der Waals surface area contributed by atoms with Crippen LogP contribution in [0.3, 0.4) is 0 Å². The molecule has 0 unspecified atom stereocenters. The lowest BCUT2D eigenvalue weighted by molar-refractivity contribution is 0.0234. The van der Waals surface area contributed by atoms with Crippen LogP contribution in [0.5, 0.6) is 0 Å². The van der Waals surface area contributed by atoms with Crippen molar-refractivity contribution < 1.29 is 9.63 Å². The van der Waals surface area contributed by atoms with Crippen LogP contribution in [0, 0.1) is 0 Å². The van der Waals surface area contributed by atoms with Crippen LogP contribution in [0.4, 0.5) is 5.69 Å². The van der Waals surface area contributed by atoms with E-state index in [4.69, 9.17) is 4.84 Å². The number of anilines is 1. The molecule has 1 amide bonds. The molecule has 0 aliphatic heterocycles. The minimum absolute atomic E-state index is 0.245. The van der Waals surface area contributed by atoms with Crippen molar-refractivity contribution in [3.8, 4) is 0 Å².